The van der Waals surface area contributed by atoms with E-state index in [4.69, 9.17) is 18.9 Å². The van der Waals surface area contributed by atoms with E-state index in [1.54, 1.807) is 0 Å². The van der Waals surface area contributed by atoms with Crippen molar-refractivity contribution >= 4 is 63.1 Å². The van der Waals surface area contributed by atoms with Gasteiger partial charge >= 0.3 is 0 Å². The van der Waals surface area contributed by atoms with Crippen LogP contribution in [0.3, 0.4) is 0 Å². The van der Waals surface area contributed by atoms with Gasteiger partial charge in [0.05, 0.1) is 33.6 Å². The van der Waals surface area contributed by atoms with Gasteiger partial charge in [0, 0.05) is 11.1 Å². The van der Waals surface area contributed by atoms with E-state index in [0.717, 1.165) is 40.9 Å². The first-order valence-corrected chi connectivity index (χ1v) is 13.7. The highest BCUT2D eigenvalue weighted by molar-refractivity contribution is 14.1. The van der Waals surface area contributed by atoms with Crippen molar-refractivity contribution in [1.82, 2.24) is 0 Å². The molecule has 182 valence electrons. The molecule has 2 aromatic carbocycles. The Kier molecular flexibility index (Phi) is 10.1. The smallest absolute Gasteiger partial charge is 0.185 e. The Morgan fingerprint density at radius 2 is 1.06 bits per heavy atom. The van der Waals surface area contributed by atoms with Crippen LogP contribution in [0.4, 0.5) is 0 Å². The minimum Gasteiger partial charge on any atom is -0.490 e. The summed E-state index contributed by atoms with van der Waals surface area (Å²) in [6.45, 7) is 10.0. The number of carbonyl (C=O) groups is 1. The van der Waals surface area contributed by atoms with Gasteiger partial charge in [-0.2, -0.15) is 0 Å². The van der Waals surface area contributed by atoms with E-state index >= 15 is 0 Å². The summed E-state index contributed by atoms with van der Waals surface area (Å²) in [5, 5.41) is 0. The minimum atomic E-state index is 0.0868. The first kappa shape index (κ1) is 26.8. The Labute approximate surface area is 229 Å². The third-order valence-corrected chi connectivity index (χ3v) is 6.77. The number of ether oxygens (including phenoxy) is 4. The Morgan fingerprint density at radius 1 is 0.676 bits per heavy atom. The van der Waals surface area contributed by atoms with Crippen LogP contribution in [0.25, 0.3) is 12.2 Å². The number of rotatable bonds is 10. The Balaban J connectivity index is 1.90. The van der Waals surface area contributed by atoms with Crippen LogP contribution < -0.4 is 18.9 Å². The molecular weight excluding hydrogens is 658 g/mol. The number of hydrogen-bond acceptors (Lipinski definition) is 5. The molecule has 1 fully saturated rings. The molecule has 0 amide bonds. The van der Waals surface area contributed by atoms with Crippen LogP contribution in [0, 0.1) is 7.14 Å². The first-order chi connectivity index (χ1) is 16.4. The average molecular weight is 688 g/mol. The van der Waals surface area contributed by atoms with Crippen molar-refractivity contribution in [3.05, 3.63) is 53.7 Å². The molecule has 0 atom stereocenters. The molecule has 0 aromatic heterocycles. The molecule has 0 radical (unpaired) electrons. The molecule has 0 heterocycles. The van der Waals surface area contributed by atoms with E-state index < -0.39 is 0 Å². The van der Waals surface area contributed by atoms with E-state index in [2.05, 4.69) is 45.2 Å². The van der Waals surface area contributed by atoms with Gasteiger partial charge in [-0.3, -0.25) is 4.79 Å². The summed E-state index contributed by atoms with van der Waals surface area (Å²) in [6.07, 6.45) is 5.37. The fraction of sp³-hybridized carbons (Fsp3) is 0.370. The number of hydrogen-bond donors (Lipinski definition) is 0. The van der Waals surface area contributed by atoms with E-state index in [1.807, 2.05) is 64.1 Å². The fourth-order valence-corrected chi connectivity index (χ4v) is 5.38. The monoisotopic (exact) mass is 688 g/mol. The summed E-state index contributed by atoms with van der Waals surface area (Å²) in [4.78, 5) is 13.2. The van der Waals surface area contributed by atoms with Crippen molar-refractivity contribution in [3.8, 4) is 23.0 Å². The number of Topliss-reactive ketones (excluding diaryl/α,β-unsaturated/α-hetero) is 1. The highest BCUT2D eigenvalue weighted by atomic mass is 127. The average Bonchev–Trinajstić information content (AvgIpc) is 3.12. The van der Waals surface area contributed by atoms with Gasteiger partial charge in [-0.25, -0.2) is 0 Å². The van der Waals surface area contributed by atoms with Gasteiger partial charge in [0.1, 0.15) is 0 Å². The zero-order valence-corrected chi connectivity index (χ0v) is 24.3. The summed E-state index contributed by atoms with van der Waals surface area (Å²) in [5.41, 5.74) is 3.49. The summed E-state index contributed by atoms with van der Waals surface area (Å²) >= 11 is 4.51. The molecule has 0 unspecified atom stereocenters. The SMILES string of the molecule is CCOc1cc(C=C2CCC(=Cc3cc(I)c(OCC)c(OCC)c3)C2=O)cc(I)c1OCC. The second-order valence-electron chi connectivity index (χ2n) is 7.56. The molecule has 0 aliphatic heterocycles. The molecule has 1 saturated carbocycles. The van der Waals surface area contributed by atoms with Crippen LogP contribution in [-0.2, 0) is 4.79 Å². The van der Waals surface area contributed by atoms with E-state index in [1.165, 1.54) is 0 Å². The zero-order chi connectivity index (χ0) is 24.7. The van der Waals surface area contributed by atoms with Crippen molar-refractivity contribution < 1.29 is 23.7 Å². The van der Waals surface area contributed by atoms with E-state index in [-0.39, 0.29) is 5.78 Å². The predicted octanol–water partition coefficient (Wildman–Crippen LogP) is 7.32. The van der Waals surface area contributed by atoms with Gasteiger partial charge in [-0.15, -0.1) is 0 Å². The zero-order valence-electron chi connectivity index (χ0n) is 20.0. The maximum absolute atomic E-state index is 13.2. The molecule has 0 N–H and O–H groups in total. The number of carbonyl (C=O) groups excluding carboxylic acids is 1. The molecule has 0 saturated heterocycles. The number of ketones is 1. The van der Waals surface area contributed by atoms with Crippen molar-refractivity contribution in [2.45, 2.75) is 40.5 Å². The third kappa shape index (κ3) is 6.47. The maximum Gasteiger partial charge on any atom is 0.185 e. The molecule has 1 aliphatic carbocycles. The number of benzene rings is 2. The van der Waals surface area contributed by atoms with Gasteiger partial charge in [0.15, 0.2) is 28.8 Å². The largest absolute Gasteiger partial charge is 0.490 e. The highest BCUT2D eigenvalue weighted by Crippen LogP contribution is 2.38. The van der Waals surface area contributed by atoms with Gasteiger partial charge in [0.25, 0.3) is 0 Å². The van der Waals surface area contributed by atoms with Gasteiger partial charge in [0.2, 0.25) is 0 Å². The summed E-state index contributed by atoms with van der Waals surface area (Å²) in [7, 11) is 0. The second kappa shape index (κ2) is 12.8. The summed E-state index contributed by atoms with van der Waals surface area (Å²) in [6, 6.07) is 7.95. The quantitative estimate of drug-likeness (QED) is 0.194. The molecule has 2 aromatic rings. The fourth-order valence-electron chi connectivity index (χ4n) is 3.82. The van der Waals surface area contributed by atoms with Gasteiger partial charge in [-0.05, 0) is 133 Å². The Bertz CT molecular complexity index is 1020. The lowest BCUT2D eigenvalue weighted by molar-refractivity contribution is -0.111. The number of allylic oxidation sites excluding steroid dienone is 2. The molecule has 7 heteroatoms. The molecule has 0 spiro atoms. The van der Waals surface area contributed by atoms with Gasteiger partial charge in [-0.1, -0.05) is 0 Å². The maximum atomic E-state index is 13.2. The third-order valence-electron chi connectivity index (χ3n) is 5.17. The van der Waals surface area contributed by atoms with E-state index in [9.17, 15) is 4.79 Å². The van der Waals surface area contributed by atoms with Gasteiger partial charge < -0.3 is 18.9 Å². The van der Waals surface area contributed by atoms with E-state index in [0.29, 0.717) is 50.8 Å². The number of halogens is 2. The van der Waals surface area contributed by atoms with Crippen LogP contribution >= 0.6 is 45.2 Å². The molecule has 3 rings (SSSR count). The van der Waals surface area contributed by atoms with Crippen molar-refractivity contribution in [1.29, 1.82) is 0 Å². The summed E-state index contributed by atoms with van der Waals surface area (Å²) < 4.78 is 25.0. The Morgan fingerprint density at radius 3 is 1.41 bits per heavy atom. The normalized spacial score (nSPS) is 15.8. The topological polar surface area (TPSA) is 54.0 Å². The molecular formula is C27H30I2O5. The van der Waals surface area contributed by atoms with Crippen LogP contribution in [0.1, 0.15) is 51.7 Å². The van der Waals surface area contributed by atoms with Crippen LogP contribution in [0.5, 0.6) is 23.0 Å². The molecule has 5 nitrogen and oxygen atoms in total. The predicted molar refractivity (Wildman–Crippen MR) is 153 cm³/mol. The first-order valence-electron chi connectivity index (χ1n) is 11.6. The lowest BCUT2D eigenvalue weighted by atomic mass is 10.1. The molecule has 1 aliphatic rings. The molecule has 34 heavy (non-hydrogen) atoms. The van der Waals surface area contributed by atoms with Crippen LogP contribution in [0.2, 0.25) is 0 Å². The second-order valence-corrected chi connectivity index (χ2v) is 9.88. The van der Waals surface area contributed by atoms with Crippen molar-refractivity contribution in [3.63, 3.8) is 0 Å². The standard InChI is InChI=1S/C27H30I2O5/c1-5-31-23-15-17(13-21(28)26(23)33-7-3)11-19-9-10-20(25(19)30)12-18-14-22(29)27(34-8-4)24(16-18)32-6-2/h11-16H,5-10H2,1-4H3. The summed E-state index contributed by atoms with van der Waals surface area (Å²) in [5.74, 6) is 3.00. The van der Waals surface area contributed by atoms with Crippen LogP contribution in [0.15, 0.2) is 35.4 Å². The lowest BCUT2D eigenvalue weighted by Gasteiger charge is -2.14. The van der Waals surface area contributed by atoms with Crippen molar-refractivity contribution in [2.75, 3.05) is 26.4 Å². The van der Waals surface area contributed by atoms with Crippen LogP contribution in [-0.4, -0.2) is 32.2 Å². The molecule has 0 bridgehead atoms. The highest BCUT2D eigenvalue weighted by Gasteiger charge is 2.24. The lowest BCUT2D eigenvalue weighted by Crippen LogP contribution is -2.01. The van der Waals surface area contributed by atoms with Crippen molar-refractivity contribution in [2.24, 2.45) is 0 Å². The Hall–Kier alpha value is -1.75. The minimum absolute atomic E-state index is 0.0868.